The maximum Gasteiger partial charge on any atom is 0.0907 e. The number of nitrogens with zero attached hydrogens (tertiary/aromatic N) is 1. The number of nitrogens with one attached hydrogen (secondary N) is 1. The van der Waals surface area contributed by atoms with E-state index in [1.54, 1.807) is 11.3 Å². The lowest BCUT2D eigenvalue weighted by atomic mass is 9.87. The van der Waals surface area contributed by atoms with Gasteiger partial charge in [-0.3, -0.25) is 0 Å². The minimum absolute atomic E-state index is 0.660. The molecule has 3 rings (SSSR count). The Kier molecular flexibility index (Phi) is 3.25. The summed E-state index contributed by atoms with van der Waals surface area (Å²) < 4.78 is 1.29. The molecule has 1 heterocycles. The van der Waals surface area contributed by atoms with Crippen LogP contribution in [-0.2, 0) is 0 Å². The van der Waals surface area contributed by atoms with Gasteiger partial charge in [-0.1, -0.05) is 6.92 Å². The molecule has 0 spiro atoms. The molecular formula is C15H20N2S. The molecule has 1 aromatic heterocycles. The fraction of sp³-hybridized carbons (Fsp3) is 0.533. The topological polar surface area (TPSA) is 24.9 Å². The van der Waals surface area contributed by atoms with Gasteiger partial charge in [0.05, 0.1) is 15.2 Å². The van der Waals surface area contributed by atoms with E-state index < -0.39 is 0 Å². The standard InChI is InChI=1S/C15H20N2S/c1-10-3-5-12(6-4-10)17-13-7-8-14-15(9-13)18-11(2)16-14/h7-10,12,17H,3-6H2,1-2H3. The summed E-state index contributed by atoms with van der Waals surface area (Å²) in [6, 6.07) is 7.21. The van der Waals surface area contributed by atoms with E-state index in [-0.39, 0.29) is 0 Å². The fourth-order valence-electron chi connectivity index (χ4n) is 2.77. The Morgan fingerprint density at radius 1 is 1.22 bits per heavy atom. The van der Waals surface area contributed by atoms with Crippen molar-refractivity contribution >= 4 is 27.2 Å². The van der Waals surface area contributed by atoms with Crippen LogP contribution < -0.4 is 5.32 Å². The Labute approximate surface area is 112 Å². The zero-order valence-electron chi connectivity index (χ0n) is 11.1. The highest BCUT2D eigenvalue weighted by atomic mass is 32.1. The molecule has 3 heteroatoms. The molecule has 0 atom stereocenters. The highest BCUT2D eigenvalue weighted by Gasteiger charge is 2.17. The average molecular weight is 260 g/mol. The van der Waals surface area contributed by atoms with Gasteiger partial charge in [0.2, 0.25) is 0 Å². The molecule has 1 aliphatic rings. The molecule has 18 heavy (non-hydrogen) atoms. The Morgan fingerprint density at radius 3 is 2.78 bits per heavy atom. The molecule has 1 aromatic carbocycles. The van der Waals surface area contributed by atoms with Gasteiger partial charge in [-0.15, -0.1) is 11.3 Å². The second-order valence-electron chi connectivity index (χ2n) is 5.52. The molecule has 1 fully saturated rings. The smallest absolute Gasteiger partial charge is 0.0907 e. The van der Waals surface area contributed by atoms with Crippen molar-refractivity contribution in [3.63, 3.8) is 0 Å². The zero-order chi connectivity index (χ0) is 12.5. The summed E-state index contributed by atoms with van der Waals surface area (Å²) in [6.45, 7) is 4.43. The van der Waals surface area contributed by atoms with Crippen molar-refractivity contribution < 1.29 is 0 Å². The van der Waals surface area contributed by atoms with E-state index in [4.69, 9.17) is 0 Å². The number of anilines is 1. The largest absolute Gasteiger partial charge is 0.382 e. The number of hydrogen-bond donors (Lipinski definition) is 1. The summed E-state index contributed by atoms with van der Waals surface area (Å²) >= 11 is 1.78. The Bertz CT molecular complexity index is 538. The average Bonchev–Trinajstić information content (AvgIpc) is 2.71. The molecule has 96 valence electrons. The molecule has 0 amide bonds. The lowest BCUT2D eigenvalue weighted by Crippen LogP contribution is -2.25. The molecule has 0 aliphatic heterocycles. The molecule has 0 saturated heterocycles. The van der Waals surface area contributed by atoms with Gasteiger partial charge in [-0.2, -0.15) is 0 Å². The quantitative estimate of drug-likeness (QED) is 0.854. The summed E-state index contributed by atoms with van der Waals surface area (Å²) in [5, 5.41) is 4.83. The van der Waals surface area contributed by atoms with Gasteiger partial charge >= 0.3 is 0 Å². The number of fused-ring (bicyclic) bond motifs is 1. The molecule has 0 radical (unpaired) electrons. The van der Waals surface area contributed by atoms with Crippen LogP contribution in [0, 0.1) is 12.8 Å². The summed E-state index contributed by atoms with van der Waals surface area (Å²) in [4.78, 5) is 4.50. The number of hydrogen-bond acceptors (Lipinski definition) is 3. The molecule has 1 saturated carbocycles. The minimum Gasteiger partial charge on any atom is -0.382 e. The van der Waals surface area contributed by atoms with Crippen LogP contribution in [0.25, 0.3) is 10.2 Å². The first-order chi connectivity index (χ1) is 8.70. The maximum atomic E-state index is 4.50. The predicted molar refractivity (Wildman–Crippen MR) is 79.4 cm³/mol. The van der Waals surface area contributed by atoms with E-state index in [9.17, 15) is 0 Å². The number of aromatic nitrogens is 1. The second kappa shape index (κ2) is 4.88. The molecule has 0 bridgehead atoms. The van der Waals surface area contributed by atoms with Crippen LogP contribution in [0.2, 0.25) is 0 Å². The van der Waals surface area contributed by atoms with Crippen LogP contribution in [-0.4, -0.2) is 11.0 Å². The first kappa shape index (κ1) is 12.0. The summed E-state index contributed by atoms with van der Waals surface area (Å²) in [5.74, 6) is 0.912. The lowest BCUT2D eigenvalue weighted by Gasteiger charge is -2.27. The fourth-order valence-corrected chi connectivity index (χ4v) is 3.64. The third-order valence-corrected chi connectivity index (χ3v) is 4.82. The molecule has 0 unspecified atom stereocenters. The van der Waals surface area contributed by atoms with Crippen molar-refractivity contribution in [1.82, 2.24) is 4.98 Å². The van der Waals surface area contributed by atoms with E-state index in [0.29, 0.717) is 6.04 Å². The van der Waals surface area contributed by atoms with Crippen LogP contribution in [0.4, 0.5) is 5.69 Å². The van der Waals surface area contributed by atoms with E-state index in [0.717, 1.165) is 16.4 Å². The normalized spacial score (nSPS) is 24.3. The zero-order valence-corrected chi connectivity index (χ0v) is 11.9. The van der Waals surface area contributed by atoms with Crippen molar-refractivity contribution in [3.05, 3.63) is 23.2 Å². The Balaban J connectivity index is 1.74. The number of aryl methyl sites for hydroxylation is 1. The van der Waals surface area contributed by atoms with E-state index in [1.165, 1.54) is 36.1 Å². The summed E-state index contributed by atoms with van der Waals surface area (Å²) in [5.41, 5.74) is 2.38. The van der Waals surface area contributed by atoms with Crippen molar-refractivity contribution in [3.8, 4) is 0 Å². The van der Waals surface area contributed by atoms with Crippen molar-refractivity contribution in [1.29, 1.82) is 0 Å². The van der Waals surface area contributed by atoms with Crippen LogP contribution in [0.5, 0.6) is 0 Å². The van der Waals surface area contributed by atoms with Gasteiger partial charge in [-0.25, -0.2) is 4.98 Å². The SMILES string of the molecule is Cc1nc2ccc(NC3CCC(C)CC3)cc2s1. The number of benzene rings is 1. The van der Waals surface area contributed by atoms with Gasteiger partial charge in [0.1, 0.15) is 0 Å². The summed E-state index contributed by atoms with van der Waals surface area (Å²) in [7, 11) is 0. The van der Waals surface area contributed by atoms with Crippen molar-refractivity contribution in [2.45, 2.75) is 45.6 Å². The van der Waals surface area contributed by atoms with Crippen LogP contribution >= 0.6 is 11.3 Å². The van der Waals surface area contributed by atoms with Gasteiger partial charge < -0.3 is 5.32 Å². The number of rotatable bonds is 2. The van der Waals surface area contributed by atoms with Crippen LogP contribution in [0.1, 0.15) is 37.6 Å². The highest BCUT2D eigenvalue weighted by molar-refractivity contribution is 7.18. The van der Waals surface area contributed by atoms with E-state index in [2.05, 4.69) is 42.3 Å². The van der Waals surface area contributed by atoms with Crippen LogP contribution in [0.3, 0.4) is 0 Å². The van der Waals surface area contributed by atoms with Gasteiger partial charge in [0.15, 0.2) is 0 Å². The maximum absolute atomic E-state index is 4.50. The molecule has 2 aromatic rings. The second-order valence-corrected chi connectivity index (χ2v) is 6.75. The van der Waals surface area contributed by atoms with Crippen LogP contribution in [0.15, 0.2) is 18.2 Å². The third kappa shape index (κ3) is 2.51. The Morgan fingerprint density at radius 2 is 2.00 bits per heavy atom. The Hall–Kier alpha value is -1.09. The monoisotopic (exact) mass is 260 g/mol. The van der Waals surface area contributed by atoms with Gasteiger partial charge in [-0.05, 0) is 56.7 Å². The van der Waals surface area contributed by atoms with E-state index >= 15 is 0 Å². The first-order valence-electron chi connectivity index (χ1n) is 6.84. The van der Waals surface area contributed by atoms with Crippen molar-refractivity contribution in [2.24, 2.45) is 5.92 Å². The molecule has 2 nitrogen and oxygen atoms in total. The lowest BCUT2D eigenvalue weighted by molar-refractivity contribution is 0.361. The van der Waals surface area contributed by atoms with E-state index in [1.807, 2.05) is 0 Å². The van der Waals surface area contributed by atoms with Gasteiger partial charge in [0.25, 0.3) is 0 Å². The molecule has 1 N–H and O–H groups in total. The minimum atomic E-state index is 0.660. The third-order valence-electron chi connectivity index (χ3n) is 3.88. The molecule has 1 aliphatic carbocycles. The first-order valence-corrected chi connectivity index (χ1v) is 7.66. The number of thiazole rings is 1. The van der Waals surface area contributed by atoms with Crippen molar-refractivity contribution in [2.75, 3.05) is 5.32 Å². The summed E-state index contributed by atoms with van der Waals surface area (Å²) in [6.07, 6.45) is 5.33. The molecular weight excluding hydrogens is 240 g/mol. The highest BCUT2D eigenvalue weighted by Crippen LogP contribution is 2.28. The van der Waals surface area contributed by atoms with Gasteiger partial charge in [0, 0.05) is 11.7 Å². The predicted octanol–water partition coefficient (Wildman–Crippen LogP) is 4.60.